The lowest BCUT2D eigenvalue weighted by Crippen LogP contribution is -2.23. The van der Waals surface area contributed by atoms with Crippen LogP contribution >= 0.6 is 0 Å². The van der Waals surface area contributed by atoms with Crippen LogP contribution in [0.5, 0.6) is 5.75 Å². The van der Waals surface area contributed by atoms with E-state index >= 15 is 0 Å². The Labute approximate surface area is 111 Å². The van der Waals surface area contributed by atoms with Crippen LogP contribution in [0.4, 0.5) is 0 Å². The molecule has 0 aliphatic heterocycles. The van der Waals surface area contributed by atoms with Gasteiger partial charge in [-0.1, -0.05) is 12.1 Å². The van der Waals surface area contributed by atoms with Crippen molar-refractivity contribution in [2.75, 3.05) is 13.7 Å². The van der Waals surface area contributed by atoms with Crippen LogP contribution < -0.4 is 10.1 Å². The number of hydrogen-bond acceptors (Lipinski definition) is 4. The van der Waals surface area contributed by atoms with Crippen LogP contribution in [0.25, 0.3) is 11.3 Å². The van der Waals surface area contributed by atoms with Crippen LogP contribution in [-0.2, 0) is 0 Å². The summed E-state index contributed by atoms with van der Waals surface area (Å²) in [6.07, 6.45) is 2.32. The van der Waals surface area contributed by atoms with Crippen molar-refractivity contribution < 1.29 is 14.1 Å². The molecule has 1 N–H and O–H groups in total. The van der Waals surface area contributed by atoms with Crippen molar-refractivity contribution in [3.63, 3.8) is 0 Å². The number of amides is 1. The monoisotopic (exact) mass is 260 g/mol. The minimum Gasteiger partial charge on any atom is -0.497 e. The fourth-order valence-corrected chi connectivity index (χ4v) is 1.69. The zero-order valence-corrected chi connectivity index (χ0v) is 11.0. The Bertz CT molecular complexity index is 546. The van der Waals surface area contributed by atoms with E-state index in [-0.39, 0.29) is 5.91 Å². The van der Waals surface area contributed by atoms with E-state index in [1.54, 1.807) is 7.11 Å². The summed E-state index contributed by atoms with van der Waals surface area (Å²) >= 11 is 0. The third-order valence-electron chi connectivity index (χ3n) is 2.70. The molecule has 0 unspecified atom stereocenters. The molecule has 1 heterocycles. The summed E-state index contributed by atoms with van der Waals surface area (Å²) in [4.78, 5) is 11.9. The smallest absolute Gasteiger partial charge is 0.256 e. The molecule has 0 fully saturated rings. The zero-order chi connectivity index (χ0) is 13.7. The van der Waals surface area contributed by atoms with E-state index in [2.05, 4.69) is 10.5 Å². The van der Waals surface area contributed by atoms with Gasteiger partial charge < -0.3 is 14.6 Å². The molecule has 5 heteroatoms. The van der Waals surface area contributed by atoms with E-state index in [0.717, 1.165) is 17.7 Å². The lowest BCUT2D eigenvalue weighted by Gasteiger charge is -2.04. The van der Waals surface area contributed by atoms with Crippen molar-refractivity contribution in [2.24, 2.45) is 0 Å². The first-order valence-corrected chi connectivity index (χ1v) is 6.13. The number of hydrogen-bond donors (Lipinski definition) is 1. The van der Waals surface area contributed by atoms with Crippen molar-refractivity contribution in [2.45, 2.75) is 13.3 Å². The third kappa shape index (κ3) is 2.93. The van der Waals surface area contributed by atoms with Gasteiger partial charge in [0.15, 0.2) is 5.76 Å². The average molecular weight is 260 g/mol. The Hall–Kier alpha value is -2.30. The van der Waals surface area contributed by atoms with Gasteiger partial charge in [0.05, 0.1) is 13.3 Å². The molecule has 100 valence electrons. The van der Waals surface area contributed by atoms with Gasteiger partial charge in [-0.2, -0.15) is 0 Å². The molecule has 1 aromatic heterocycles. The largest absolute Gasteiger partial charge is 0.497 e. The molecule has 0 aliphatic rings. The van der Waals surface area contributed by atoms with Gasteiger partial charge in [0, 0.05) is 12.1 Å². The van der Waals surface area contributed by atoms with Gasteiger partial charge in [-0.25, -0.2) is 0 Å². The van der Waals surface area contributed by atoms with Crippen molar-refractivity contribution in [1.29, 1.82) is 0 Å². The Morgan fingerprint density at radius 1 is 1.37 bits per heavy atom. The highest BCUT2D eigenvalue weighted by Crippen LogP contribution is 2.25. The van der Waals surface area contributed by atoms with Gasteiger partial charge in [-0.3, -0.25) is 4.79 Å². The van der Waals surface area contributed by atoms with Crippen molar-refractivity contribution in [3.8, 4) is 17.1 Å². The molecule has 0 saturated heterocycles. The molecule has 0 spiro atoms. The first kappa shape index (κ1) is 13.1. The second-order valence-corrected chi connectivity index (χ2v) is 4.05. The second-order valence-electron chi connectivity index (χ2n) is 4.05. The molecule has 1 aromatic carbocycles. The number of carbonyl (C=O) groups is 1. The quantitative estimate of drug-likeness (QED) is 0.897. The van der Waals surface area contributed by atoms with E-state index in [1.807, 2.05) is 31.2 Å². The predicted molar refractivity (Wildman–Crippen MR) is 71.1 cm³/mol. The van der Waals surface area contributed by atoms with Crippen molar-refractivity contribution >= 4 is 5.91 Å². The van der Waals surface area contributed by atoms with E-state index < -0.39 is 0 Å². The van der Waals surface area contributed by atoms with Crippen LogP contribution in [-0.4, -0.2) is 24.7 Å². The molecular weight excluding hydrogens is 244 g/mol. The van der Waals surface area contributed by atoms with Crippen LogP contribution in [0.1, 0.15) is 23.7 Å². The zero-order valence-electron chi connectivity index (χ0n) is 11.0. The van der Waals surface area contributed by atoms with Gasteiger partial charge in [0.2, 0.25) is 0 Å². The summed E-state index contributed by atoms with van der Waals surface area (Å²) in [5.41, 5.74) is 1.23. The van der Waals surface area contributed by atoms with Gasteiger partial charge in [0.25, 0.3) is 5.91 Å². The molecule has 0 bridgehead atoms. The molecule has 0 radical (unpaired) electrons. The molecule has 2 aromatic rings. The first-order valence-electron chi connectivity index (χ1n) is 6.13. The van der Waals surface area contributed by atoms with Gasteiger partial charge >= 0.3 is 0 Å². The molecule has 5 nitrogen and oxygen atoms in total. The topological polar surface area (TPSA) is 64.4 Å². The van der Waals surface area contributed by atoms with E-state index in [4.69, 9.17) is 9.26 Å². The Morgan fingerprint density at radius 2 is 2.11 bits per heavy atom. The normalized spacial score (nSPS) is 10.2. The van der Waals surface area contributed by atoms with Crippen LogP contribution in [0.2, 0.25) is 0 Å². The van der Waals surface area contributed by atoms with Gasteiger partial charge in [-0.15, -0.1) is 0 Å². The summed E-state index contributed by atoms with van der Waals surface area (Å²) in [6, 6.07) is 7.28. The summed E-state index contributed by atoms with van der Waals surface area (Å²) in [5.74, 6) is 1.05. The molecule has 2 rings (SSSR count). The summed E-state index contributed by atoms with van der Waals surface area (Å²) in [5, 5.41) is 6.51. The van der Waals surface area contributed by atoms with Crippen LogP contribution in [0, 0.1) is 0 Å². The standard InChI is InChI=1S/C14H16N2O3/c1-3-8-15-14(17)12-9-16-19-13(12)10-4-6-11(18-2)7-5-10/h4-7,9H,3,8H2,1-2H3,(H,15,17). The fourth-order valence-electron chi connectivity index (χ4n) is 1.69. The summed E-state index contributed by atoms with van der Waals surface area (Å²) in [7, 11) is 1.60. The maximum absolute atomic E-state index is 11.9. The SMILES string of the molecule is CCCNC(=O)c1cnoc1-c1ccc(OC)cc1. The number of benzene rings is 1. The highest BCUT2D eigenvalue weighted by Gasteiger charge is 2.17. The number of nitrogens with zero attached hydrogens (tertiary/aromatic N) is 1. The molecule has 0 atom stereocenters. The molecule has 19 heavy (non-hydrogen) atoms. The number of rotatable bonds is 5. The minimum absolute atomic E-state index is 0.172. The van der Waals surface area contributed by atoms with E-state index in [0.29, 0.717) is 17.9 Å². The number of carbonyl (C=O) groups excluding carboxylic acids is 1. The van der Waals surface area contributed by atoms with E-state index in [1.165, 1.54) is 6.20 Å². The molecule has 0 aliphatic carbocycles. The predicted octanol–water partition coefficient (Wildman–Crippen LogP) is 2.49. The number of nitrogens with one attached hydrogen (secondary N) is 1. The maximum atomic E-state index is 11.9. The average Bonchev–Trinajstić information content (AvgIpc) is 2.94. The lowest BCUT2D eigenvalue weighted by atomic mass is 10.1. The van der Waals surface area contributed by atoms with Crippen LogP contribution in [0.3, 0.4) is 0 Å². The number of aromatic nitrogens is 1. The number of ether oxygens (including phenoxy) is 1. The first-order chi connectivity index (χ1) is 9.26. The summed E-state index contributed by atoms with van der Waals surface area (Å²) in [6.45, 7) is 2.63. The van der Waals surface area contributed by atoms with Gasteiger partial charge in [0.1, 0.15) is 11.3 Å². The molecular formula is C14H16N2O3. The molecule has 0 saturated carbocycles. The van der Waals surface area contributed by atoms with Gasteiger partial charge in [-0.05, 0) is 30.7 Å². The second kappa shape index (κ2) is 6.04. The van der Waals surface area contributed by atoms with Crippen LogP contribution in [0.15, 0.2) is 35.0 Å². The van der Waals surface area contributed by atoms with E-state index in [9.17, 15) is 4.79 Å². The Kier molecular flexibility index (Phi) is 4.18. The highest BCUT2D eigenvalue weighted by molar-refractivity contribution is 5.99. The third-order valence-corrected chi connectivity index (χ3v) is 2.70. The Balaban J connectivity index is 2.25. The summed E-state index contributed by atoms with van der Waals surface area (Å²) < 4.78 is 10.3. The fraction of sp³-hybridized carbons (Fsp3) is 0.286. The molecule has 1 amide bonds. The number of methoxy groups -OCH3 is 1. The Morgan fingerprint density at radius 3 is 2.74 bits per heavy atom. The highest BCUT2D eigenvalue weighted by atomic mass is 16.5. The minimum atomic E-state index is -0.172. The van der Waals surface area contributed by atoms with Crippen molar-refractivity contribution in [3.05, 3.63) is 36.0 Å². The lowest BCUT2D eigenvalue weighted by molar-refractivity contribution is 0.0954. The maximum Gasteiger partial charge on any atom is 0.256 e. The van der Waals surface area contributed by atoms with Crippen molar-refractivity contribution in [1.82, 2.24) is 10.5 Å².